The van der Waals surface area contributed by atoms with E-state index in [-0.39, 0.29) is 19.3 Å². The number of ether oxygens (including phenoxy) is 2. The van der Waals surface area contributed by atoms with E-state index < -0.39 is 23.8 Å². The molecule has 1 fully saturated rings. The van der Waals surface area contributed by atoms with Crippen molar-refractivity contribution >= 4 is 18.0 Å². The van der Waals surface area contributed by atoms with Crippen molar-refractivity contribution in [2.45, 2.75) is 38.0 Å². The molecule has 0 radical (unpaired) electrons. The van der Waals surface area contributed by atoms with Gasteiger partial charge in [-0.3, -0.25) is 19.7 Å². The van der Waals surface area contributed by atoms with E-state index in [9.17, 15) is 14.4 Å². The van der Waals surface area contributed by atoms with Crippen LogP contribution in [0.15, 0.2) is 42.5 Å². The van der Waals surface area contributed by atoms with Crippen molar-refractivity contribution in [2.24, 2.45) is 5.73 Å². The topological polar surface area (TPSA) is 128 Å². The number of aryl methyl sites for hydroxylation is 1. The second kappa shape index (κ2) is 9.62. The highest BCUT2D eigenvalue weighted by atomic mass is 16.5. The maximum absolute atomic E-state index is 11.6. The normalized spacial score (nSPS) is 19.3. The molecule has 1 aliphatic rings. The van der Waals surface area contributed by atoms with Gasteiger partial charge in [0.05, 0.1) is 12.8 Å². The number of ketones is 1. The van der Waals surface area contributed by atoms with Crippen LogP contribution in [-0.2, 0) is 32.0 Å². The van der Waals surface area contributed by atoms with Gasteiger partial charge in [0.2, 0.25) is 5.78 Å². The number of hydrogen-bond acceptors (Lipinski definition) is 7. The van der Waals surface area contributed by atoms with Crippen LogP contribution in [0.25, 0.3) is 0 Å². The molecule has 0 amide bonds. The zero-order valence-electron chi connectivity index (χ0n) is 16.5. The van der Waals surface area contributed by atoms with Gasteiger partial charge < -0.3 is 20.3 Å². The van der Waals surface area contributed by atoms with E-state index in [4.69, 9.17) is 20.3 Å². The predicted octanol–water partition coefficient (Wildman–Crippen LogP) is 1.37. The number of benzene rings is 2. The largest absolute Gasteiger partial charge is 0.480 e. The molecule has 30 heavy (non-hydrogen) atoms. The number of nitrogens with one attached hydrogen (secondary N) is 1. The number of Topliss-reactive ketones (excluding diaryl/α,β-unsaturated/α-hetero) is 1. The van der Waals surface area contributed by atoms with Crippen LogP contribution in [0.2, 0.25) is 0 Å². The van der Waals surface area contributed by atoms with Gasteiger partial charge in [0, 0.05) is 6.42 Å². The molecule has 3 unspecified atom stereocenters. The molecule has 8 heteroatoms. The maximum Gasteiger partial charge on any atom is 0.320 e. The Labute approximate surface area is 174 Å². The zero-order chi connectivity index (χ0) is 21.7. The first-order valence-electron chi connectivity index (χ1n) is 9.56. The van der Waals surface area contributed by atoms with Gasteiger partial charge in [-0.15, -0.1) is 0 Å². The number of aliphatic carboxylic acids is 1. The van der Waals surface area contributed by atoms with E-state index >= 15 is 0 Å². The molecule has 1 heterocycles. The summed E-state index contributed by atoms with van der Waals surface area (Å²) in [4.78, 5) is 33.3. The summed E-state index contributed by atoms with van der Waals surface area (Å²) < 4.78 is 11.4. The van der Waals surface area contributed by atoms with Crippen LogP contribution in [0.5, 0.6) is 11.5 Å². The van der Waals surface area contributed by atoms with Crippen molar-refractivity contribution < 1.29 is 29.0 Å². The highest BCUT2D eigenvalue weighted by Crippen LogP contribution is 2.25. The van der Waals surface area contributed by atoms with Gasteiger partial charge in [-0.2, -0.15) is 0 Å². The monoisotopic (exact) mass is 412 g/mol. The third-order valence-corrected chi connectivity index (χ3v) is 5.06. The van der Waals surface area contributed by atoms with Crippen LogP contribution in [0.1, 0.15) is 16.7 Å². The van der Waals surface area contributed by atoms with Gasteiger partial charge in [0.1, 0.15) is 23.6 Å². The highest BCUT2D eigenvalue weighted by Gasteiger charge is 2.33. The molecule has 3 rings (SSSR count). The average molecular weight is 412 g/mol. The number of carbonyl (C=O) groups excluding carboxylic acids is 2. The number of nitrogens with two attached hydrogens (primary N) is 1. The van der Waals surface area contributed by atoms with Gasteiger partial charge in [0.25, 0.3) is 0 Å². The van der Waals surface area contributed by atoms with Crippen molar-refractivity contribution in [2.75, 3.05) is 6.73 Å². The quantitative estimate of drug-likeness (QED) is 0.416. The molecule has 0 spiro atoms. The lowest BCUT2D eigenvalue weighted by Crippen LogP contribution is -2.40. The number of hydrogen-bond donors (Lipinski definition) is 3. The van der Waals surface area contributed by atoms with E-state index in [0.717, 1.165) is 16.7 Å². The molecular weight excluding hydrogens is 388 g/mol. The number of rotatable bonds is 9. The van der Waals surface area contributed by atoms with Gasteiger partial charge in [-0.25, -0.2) is 0 Å². The van der Waals surface area contributed by atoms with Crippen molar-refractivity contribution in [3.8, 4) is 11.5 Å². The fraction of sp³-hybridized carbons (Fsp3) is 0.318. The fourth-order valence-corrected chi connectivity index (χ4v) is 3.35. The minimum absolute atomic E-state index is 0.239. The number of carbonyl (C=O) groups is 3. The Morgan fingerprint density at radius 1 is 1.27 bits per heavy atom. The Morgan fingerprint density at radius 3 is 2.60 bits per heavy atom. The third-order valence-electron chi connectivity index (χ3n) is 5.06. The summed E-state index contributed by atoms with van der Waals surface area (Å²) in [7, 11) is 0. The molecule has 4 N–H and O–H groups in total. The first-order valence-corrected chi connectivity index (χ1v) is 9.56. The first kappa shape index (κ1) is 21.6. The molecule has 0 aliphatic carbocycles. The van der Waals surface area contributed by atoms with Crippen LogP contribution in [0.4, 0.5) is 0 Å². The van der Waals surface area contributed by atoms with Crippen molar-refractivity contribution in [1.82, 2.24) is 5.32 Å². The standard InChI is InChI=1S/C22H24N2O6/c1-13-8-17(7-4-15(13)10-18(23)22(27)28)30-16-5-2-14(3-6-16)9-20-21(19(26)11-25)24-12-29-20/h2-8,11,18,20-21,24H,9-10,12,23H2,1H3,(H,27,28). The van der Waals surface area contributed by atoms with E-state index in [0.29, 0.717) is 24.2 Å². The van der Waals surface area contributed by atoms with Crippen molar-refractivity contribution in [3.05, 3.63) is 59.2 Å². The van der Waals surface area contributed by atoms with Gasteiger partial charge in [-0.05, 0) is 54.3 Å². The predicted molar refractivity (Wildman–Crippen MR) is 108 cm³/mol. The van der Waals surface area contributed by atoms with Gasteiger partial charge in [0.15, 0.2) is 6.29 Å². The molecule has 158 valence electrons. The van der Waals surface area contributed by atoms with E-state index in [2.05, 4.69) is 5.32 Å². The molecule has 3 atom stereocenters. The second-order valence-electron chi connectivity index (χ2n) is 7.24. The Kier molecular flexibility index (Phi) is 6.94. The lowest BCUT2D eigenvalue weighted by atomic mass is 10.00. The van der Waals surface area contributed by atoms with Crippen LogP contribution in [0.3, 0.4) is 0 Å². The smallest absolute Gasteiger partial charge is 0.320 e. The molecule has 2 aromatic carbocycles. The fourth-order valence-electron chi connectivity index (χ4n) is 3.35. The minimum atomic E-state index is -1.03. The Morgan fingerprint density at radius 2 is 1.97 bits per heavy atom. The number of carboxylic acids is 1. The minimum Gasteiger partial charge on any atom is -0.480 e. The van der Waals surface area contributed by atoms with Crippen LogP contribution < -0.4 is 15.8 Å². The summed E-state index contributed by atoms with van der Waals surface area (Å²) in [5, 5.41) is 11.8. The number of aldehydes is 1. The van der Waals surface area contributed by atoms with Gasteiger partial charge in [-0.1, -0.05) is 18.2 Å². The lowest BCUT2D eigenvalue weighted by Gasteiger charge is -2.15. The summed E-state index contributed by atoms with van der Waals surface area (Å²) in [5.41, 5.74) is 8.32. The molecular formula is C22H24N2O6. The Balaban J connectivity index is 1.62. The third kappa shape index (κ3) is 5.29. The summed E-state index contributed by atoms with van der Waals surface area (Å²) in [6.07, 6.45) is 0.678. The van der Waals surface area contributed by atoms with Gasteiger partial charge >= 0.3 is 5.97 Å². The lowest BCUT2D eigenvalue weighted by molar-refractivity contribution is -0.138. The summed E-state index contributed by atoms with van der Waals surface area (Å²) in [6.45, 7) is 2.12. The van der Waals surface area contributed by atoms with E-state index in [1.165, 1.54) is 0 Å². The molecule has 0 bridgehead atoms. The molecule has 0 aromatic heterocycles. The van der Waals surface area contributed by atoms with Crippen molar-refractivity contribution in [3.63, 3.8) is 0 Å². The molecule has 0 saturated carbocycles. The Bertz CT molecular complexity index is 928. The highest BCUT2D eigenvalue weighted by molar-refractivity contribution is 6.27. The zero-order valence-corrected chi connectivity index (χ0v) is 16.5. The van der Waals surface area contributed by atoms with E-state index in [1.54, 1.807) is 6.07 Å². The average Bonchev–Trinajstić information content (AvgIpc) is 3.19. The first-order chi connectivity index (χ1) is 14.4. The molecule has 1 saturated heterocycles. The summed E-state index contributed by atoms with van der Waals surface area (Å²) >= 11 is 0. The summed E-state index contributed by atoms with van der Waals surface area (Å²) in [6, 6.07) is 11.3. The Hall–Kier alpha value is -3.07. The number of carboxylic acid groups (broad SMARTS) is 1. The molecule has 2 aromatic rings. The summed E-state index contributed by atoms with van der Waals surface area (Å²) in [5.74, 6) is -0.275. The van der Waals surface area contributed by atoms with E-state index in [1.807, 2.05) is 43.3 Å². The molecule has 8 nitrogen and oxygen atoms in total. The van der Waals surface area contributed by atoms with Crippen molar-refractivity contribution in [1.29, 1.82) is 0 Å². The molecule has 1 aliphatic heterocycles. The maximum atomic E-state index is 11.6. The second-order valence-corrected chi connectivity index (χ2v) is 7.24. The van der Waals surface area contributed by atoms with Crippen LogP contribution in [-0.4, -0.2) is 48.1 Å². The SMILES string of the molecule is Cc1cc(Oc2ccc(CC3OCNC3C(=O)C=O)cc2)ccc1CC(N)C(=O)O. The van der Waals surface area contributed by atoms with Crippen LogP contribution >= 0.6 is 0 Å². The van der Waals surface area contributed by atoms with Crippen LogP contribution in [0, 0.1) is 6.92 Å².